The quantitative estimate of drug-likeness (QED) is 0.834. The summed E-state index contributed by atoms with van der Waals surface area (Å²) >= 11 is 0. The van der Waals surface area contributed by atoms with Gasteiger partial charge in [0, 0.05) is 12.2 Å². The van der Waals surface area contributed by atoms with E-state index in [2.05, 4.69) is 10.6 Å². The van der Waals surface area contributed by atoms with E-state index in [-0.39, 0.29) is 11.3 Å². The summed E-state index contributed by atoms with van der Waals surface area (Å²) in [5.41, 5.74) is 1.64. The zero-order valence-electron chi connectivity index (χ0n) is 10.6. The zero-order chi connectivity index (χ0) is 12.6. The molecule has 1 fully saturated rings. The second kappa shape index (κ2) is 4.28. The number of benzene rings is 1. The van der Waals surface area contributed by atoms with Gasteiger partial charge in [-0.2, -0.15) is 0 Å². The van der Waals surface area contributed by atoms with E-state index in [9.17, 15) is 4.79 Å². The van der Waals surface area contributed by atoms with Crippen molar-refractivity contribution < 1.29 is 9.53 Å². The van der Waals surface area contributed by atoms with Crippen LogP contribution in [0.25, 0.3) is 0 Å². The number of hydrogen-bond acceptors (Lipinski definition) is 3. The van der Waals surface area contributed by atoms with Gasteiger partial charge < -0.3 is 15.4 Å². The van der Waals surface area contributed by atoms with Crippen molar-refractivity contribution in [3.8, 4) is 5.75 Å². The third-order valence-electron chi connectivity index (χ3n) is 3.88. The van der Waals surface area contributed by atoms with Crippen LogP contribution in [0.2, 0.25) is 0 Å². The van der Waals surface area contributed by atoms with Gasteiger partial charge in [0.25, 0.3) is 0 Å². The lowest BCUT2D eigenvalue weighted by atomic mass is 9.75. The maximum atomic E-state index is 12.3. The van der Waals surface area contributed by atoms with Crippen molar-refractivity contribution in [2.24, 2.45) is 0 Å². The first-order chi connectivity index (χ1) is 8.76. The van der Waals surface area contributed by atoms with Gasteiger partial charge >= 0.3 is 0 Å². The fourth-order valence-electron chi connectivity index (χ4n) is 2.98. The van der Waals surface area contributed by atoms with Crippen molar-refractivity contribution in [2.45, 2.75) is 25.2 Å². The molecule has 18 heavy (non-hydrogen) atoms. The first kappa shape index (κ1) is 11.5. The van der Waals surface area contributed by atoms with E-state index in [0.717, 1.165) is 42.9 Å². The molecule has 4 nitrogen and oxygen atoms in total. The summed E-state index contributed by atoms with van der Waals surface area (Å²) in [5.74, 6) is 0.969. The second-order valence-electron chi connectivity index (χ2n) is 4.96. The van der Waals surface area contributed by atoms with Crippen LogP contribution >= 0.6 is 0 Å². The van der Waals surface area contributed by atoms with E-state index in [4.69, 9.17) is 4.74 Å². The van der Waals surface area contributed by atoms with Crippen LogP contribution < -0.4 is 15.4 Å². The van der Waals surface area contributed by atoms with Crippen LogP contribution in [0.4, 0.5) is 5.69 Å². The normalized spacial score (nSPS) is 25.9. The van der Waals surface area contributed by atoms with E-state index in [1.165, 1.54) is 0 Å². The zero-order valence-corrected chi connectivity index (χ0v) is 10.6. The van der Waals surface area contributed by atoms with E-state index in [1.54, 1.807) is 0 Å². The van der Waals surface area contributed by atoms with E-state index in [1.807, 2.05) is 25.1 Å². The highest BCUT2D eigenvalue weighted by molar-refractivity contribution is 6.06. The average molecular weight is 246 g/mol. The predicted octanol–water partition coefficient (Wildman–Crippen LogP) is 1.66. The van der Waals surface area contributed by atoms with Gasteiger partial charge in [-0.3, -0.25) is 4.79 Å². The van der Waals surface area contributed by atoms with E-state index >= 15 is 0 Å². The standard InChI is InChI=1S/C14H18N2O2/c1-2-18-10-4-5-12-11(8-10)14(13(17)16-12)6-3-7-15-9-14/h4-5,8,15H,2-3,6-7,9H2,1H3,(H,16,17). The molecule has 1 unspecified atom stereocenters. The van der Waals surface area contributed by atoms with Crippen molar-refractivity contribution in [1.82, 2.24) is 5.32 Å². The Morgan fingerprint density at radius 1 is 1.44 bits per heavy atom. The van der Waals surface area contributed by atoms with Crippen molar-refractivity contribution >= 4 is 11.6 Å². The Kier molecular flexibility index (Phi) is 2.74. The van der Waals surface area contributed by atoms with Crippen LogP contribution in [0.3, 0.4) is 0 Å². The molecule has 0 aromatic heterocycles. The Morgan fingerprint density at radius 2 is 2.33 bits per heavy atom. The molecule has 1 aromatic rings. The highest BCUT2D eigenvalue weighted by atomic mass is 16.5. The Bertz CT molecular complexity index is 479. The highest BCUT2D eigenvalue weighted by Gasteiger charge is 2.47. The summed E-state index contributed by atoms with van der Waals surface area (Å²) in [4.78, 5) is 12.3. The van der Waals surface area contributed by atoms with Crippen molar-refractivity contribution in [3.05, 3.63) is 23.8 Å². The molecular formula is C14H18N2O2. The van der Waals surface area contributed by atoms with Gasteiger partial charge in [0.15, 0.2) is 0 Å². The van der Waals surface area contributed by atoms with Gasteiger partial charge in [-0.1, -0.05) is 0 Å². The summed E-state index contributed by atoms with van der Waals surface area (Å²) in [6, 6.07) is 5.88. The minimum Gasteiger partial charge on any atom is -0.494 e. The fourth-order valence-corrected chi connectivity index (χ4v) is 2.98. The van der Waals surface area contributed by atoms with Crippen LogP contribution in [0.5, 0.6) is 5.75 Å². The van der Waals surface area contributed by atoms with Crippen LogP contribution in [0.1, 0.15) is 25.3 Å². The highest BCUT2D eigenvalue weighted by Crippen LogP contribution is 2.43. The smallest absolute Gasteiger partial charge is 0.236 e. The lowest BCUT2D eigenvalue weighted by Gasteiger charge is -2.32. The van der Waals surface area contributed by atoms with Crippen LogP contribution in [0, 0.1) is 0 Å². The lowest BCUT2D eigenvalue weighted by Crippen LogP contribution is -2.47. The molecule has 2 aliphatic rings. The van der Waals surface area contributed by atoms with Gasteiger partial charge in [-0.05, 0) is 50.1 Å². The number of amides is 1. The van der Waals surface area contributed by atoms with Gasteiger partial charge in [0.2, 0.25) is 5.91 Å². The second-order valence-corrected chi connectivity index (χ2v) is 4.96. The number of fused-ring (bicyclic) bond motifs is 2. The first-order valence-corrected chi connectivity index (χ1v) is 6.56. The monoisotopic (exact) mass is 246 g/mol. The van der Waals surface area contributed by atoms with E-state index in [0.29, 0.717) is 6.61 Å². The number of piperidine rings is 1. The molecule has 1 spiro atoms. The third-order valence-corrected chi connectivity index (χ3v) is 3.88. The number of anilines is 1. The molecule has 0 aliphatic carbocycles. The number of hydrogen-bond donors (Lipinski definition) is 2. The number of rotatable bonds is 2. The maximum Gasteiger partial charge on any atom is 0.236 e. The van der Waals surface area contributed by atoms with Crippen LogP contribution in [0.15, 0.2) is 18.2 Å². The number of nitrogens with one attached hydrogen (secondary N) is 2. The van der Waals surface area contributed by atoms with Crippen molar-refractivity contribution in [3.63, 3.8) is 0 Å². The molecule has 2 N–H and O–H groups in total. The van der Waals surface area contributed by atoms with E-state index < -0.39 is 0 Å². The Hall–Kier alpha value is -1.55. The summed E-state index contributed by atoms with van der Waals surface area (Å²) in [5, 5.41) is 6.33. The molecule has 1 aromatic carbocycles. The molecule has 3 rings (SSSR count). The Morgan fingerprint density at radius 3 is 3.06 bits per heavy atom. The largest absolute Gasteiger partial charge is 0.494 e. The molecule has 0 radical (unpaired) electrons. The number of carbonyl (C=O) groups is 1. The van der Waals surface area contributed by atoms with Gasteiger partial charge in [-0.15, -0.1) is 0 Å². The molecule has 2 aliphatic heterocycles. The first-order valence-electron chi connectivity index (χ1n) is 6.56. The molecule has 96 valence electrons. The van der Waals surface area contributed by atoms with Crippen molar-refractivity contribution in [2.75, 3.05) is 25.0 Å². The molecule has 0 saturated carbocycles. The molecule has 1 atom stereocenters. The fraction of sp³-hybridized carbons (Fsp3) is 0.500. The topological polar surface area (TPSA) is 50.4 Å². The van der Waals surface area contributed by atoms with Gasteiger partial charge in [0.05, 0.1) is 12.0 Å². The summed E-state index contributed by atoms with van der Waals surface area (Å²) in [6.07, 6.45) is 1.94. The molecular weight excluding hydrogens is 228 g/mol. The molecule has 2 heterocycles. The van der Waals surface area contributed by atoms with Gasteiger partial charge in [0.1, 0.15) is 5.75 Å². The molecule has 0 bridgehead atoms. The van der Waals surface area contributed by atoms with Crippen LogP contribution in [-0.2, 0) is 10.2 Å². The maximum absolute atomic E-state index is 12.3. The third kappa shape index (κ3) is 1.60. The summed E-state index contributed by atoms with van der Waals surface area (Å²) in [7, 11) is 0. The number of ether oxygens (including phenoxy) is 1. The summed E-state index contributed by atoms with van der Waals surface area (Å²) < 4.78 is 5.54. The van der Waals surface area contributed by atoms with Crippen LogP contribution in [-0.4, -0.2) is 25.6 Å². The lowest BCUT2D eigenvalue weighted by molar-refractivity contribution is -0.121. The van der Waals surface area contributed by atoms with Crippen molar-refractivity contribution in [1.29, 1.82) is 0 Å². The molecule has 1 saturated heterocycles. The average Bonchev–Trinajstić information content (AvgIpc) is 2.65. The number of carbonyl (C=O) groups excluding carboxylic acids is 1. The minimum absolute atomic E-state index is 0.123. The predicted molar refractivity (Wildman–Crippen MR) is 70.0 cm³/mol. The minimum atomic E-state index is -0.388. The SMILES string of the molecule is CCOc1ccc2c(c1)C1(CCCNC1)C(=O)N2. The molecule has 1 amide bonds. The Labute approximate surface area is 107 Å². The summed E-state index contributed by atoms with van der Waals surface area (Å²) in [6.45, 7) is 4.33. The van der Waals surface area contributed by atoms with Gasteiger partial charge in [-0.25, -0.2) is 0 Å². The molecule has 4 heteroatoms. The Balaban J connectivity index is 2.03.